The van der Waals surface area contributed by atoms with Gasteiger partial charge in [-0.2, -0.15) is 0 Å². The third-order valence-electron chi connectivity index (χ3n) is 6.15. The molecule has 0 saturated carbocycles. The zero-order chi connectivity index (χ0) is 22.2. The number of methoxy groups -OCH3 is 1. The van der Waals surface area contributed by atoms with E-state index in [-0.39, 0.29) is 17.9 Å². The molecule has 2 heterocycles. The van der Waals surface area contributed by atoms with E-state index < -0.39 is 5.92 Å². The van der Waals surface area contributed by atoms with Crippen molar-refractivity contribution in [3.63, 3.8) is 0 Å². The summed E-state index contributed by atoms with van der Waals surface area (Å²) in [6.07, 6.45) is 0.452. The molecule has 2 amide bonds. The van der Waals surface area contributed by atoms with Gasteiger partial charge in [-0.1, -0.05) is 48.5 Å². The number of hydrogen-bond acceptors (Lipinski definition) is 4. The number of rotatable bonds is 5. The van der Waals surface area contributed by atoms with Crippen LogP contribution in [0.1, 0.15) is 24.9 Å². The van der Waals surface area contributed by atoms with E-state index in [1.54, 1.807) is 12.0 Å². The lowest BCUT2D eigenvalue weighted by atomic mass is 10.0. The number of carbonyl (C=O) groups is 2. The second-order valence-corrected chi connectivity index (χ2v) is 8.09. The topological polar surface area (TPSA) is 71.8 Å². The van der Waals surface area contributed by atoms with Crippen molar-refractivity contribution >= 4 is 39.4 Å². The maximum absolute atomic E-state index is 13.2. The highest BCUT2D eigenvalue weighted by Crippen LogP contribution is 2.40. The fraction of sp³-hybridized carbons (Fsp3) is 0.231. The molecule has 3 aromatic carbocycles. The molecule has 1 N–H and O–H groups in total. The molecule has 1 saturated heterocycles. The summed E-state index contributed by atoms with van der Waals surface area (Å²) in [4.78, 5) is 27.7. The van der Waals surface area contributed by atoms with Gasteiger partial charge in [0.2, 0.25) is 11.8 Å². The molecule has 6 heteroatoms. The van der Waals surface area contributed by atoms with Gasteiger partial charge in [-0.25, -0.2) is 0 Å². The minimum Gasteiger partial charge on any atom is -0.495 e. The molecule has 1 fully saturated rings. The van der Waals surface area contributed by atoms with Crippen LogP contribution in [0.5, 0.6) is 5.75 Å². The molecule has 1 aliphatic rings. The SMILES string of the molecule is COc1cc2c(cc1N1CC[C@@H](C(=O)N[C@@H](C)c3ccccc3)C1=O)oc1ccccc12. The van der Waals surface area contributed by atoms with Gasteiger partial charge in [-0.05, 0) is 31.0 Å². The molecular weight excluding hydrogens is 404 g/mol. The van der Waals surface area contributed by atoms with Crippen LogP contribution >= 0.6 is 0 Å². The highest BCUT2D eigenvalue weighted by Gasteiger charge is 2.39. The van der Waals surface area contributed by atoms with Gasteiger partial charge in [0.1, 0.15) is 22.8 Å². The largest absolute Gasteiger partial charge is 0.495 e. The third kappa shape index (κ3) is 3.38. The lowest BCUT2D eigenvalue weighted by Crippen LogP contribution is -2.38. The van der Waals surface area contributed by atoms with Crippen LogP contribution < -0.4 is 15.0 Å². The Bertz CT molecular complexity index is 1310. The monoisotopic (exact) mass is 428 g/mol. The maximum atomic E-state index is 13.2. The summed E-state index contributed by atoms with van der Waals surface area (Å²) in [5, 5.41) is 4.90. The van der Waals surface area contributed by atoms with Crippen molar-refractivity contribution in [2.45, 2.75) is 19.4 Å². The molecule has 6 nitrogen and oxygen atoms in total. The molecule has 0 aliphatic carbocycles. The number of ether oxygens (including phenoxy) is 1. The lowest BCUT2D eigenvalue weighted by Gasteiger charge is -2.20. The van der Waals surface area contributed by atoms with E-state index in [2.05, 4.69) is 5.32 Å². The van der Waals surface area contributed by atoms with Crippen molar-refractivity contribution < 1.29 is 18.7 Å². The normalized spacial score (nSPS) is 17.1. The number of anilines is 1. The summed E-state index contributed by atoms with van der Waals surface area (Å²) in [5.41, 5.74) is 3.08. The first-order valence-corrected chi connectivity index (χ1v) is 10.7. The van der Waals surface area contributed by atoms with Crippen molar-refractivity contribution in [3.8, 4) is 5.75 Å². The number of benzene rings is 3. The Morgan fingerprint density at radius 1 is 1.06 bits per heavy atom. The van der Waals surface area contributed by atoms with Crippen LogP contribution in [-0.4, -0.2) is 25.5 Å². The standard InChI is InChI=1S/C26H24N2O4/c1-16(17-8-4-3-5-9-17)27-25(29)19-12-13-28(26(19)30)21-15-23-20(14-24(21)31-2)18-10-6-7-11-22(18)32-23/h3-11,14-16,19H,12-13H2,1-2H3,(H,27,29)/t16-,19-/m0/s1. The van der Waals surface area contributed by atoms with Crippen LogP contribution in [0.3, 0.4) is 0 Å². The fourth-order valence-corrected chi connectivity index (χ4v) is 4.42. The van der Waals surface area contributed by atoms with Crippen LogP contribution in [0.4, 0.5) is 5.69 Å². The van der Waals surface area contributed by atoms with Crippen LogP contribution in [0.2, 0.25) is 0 Å². The molecule has 0 bridgehead atoms. The van der Waals surface area contributed by atoms with E-state index in [1.807, 2.05) is 73.7 Å². The number of carbonyl (C=O) groups excluding carboxylic acids is 2. The van der Waals surface area contributed by atoms with E-state index in [0.29, 0.717) is 30.0 Å². The summed E-state index contributed by atoms with van der Waals surface area (Å²) in [5.74, 6) is -0.623. The molecule has 2 atom stereocenters. The molecule has 1 aromatic heterocycles. The van der Waals surface area contributed by atoms with Crippen LogP contribution in [0, 0.1) is 5.92 Å². The molecule has 4 aromatic rings. The highest BCUT2D eigenvalue weighted by molar-refractivity contribution is 6.12. The summed E-state index contributed by atoms with van der Waals surface area (Å²) in [7, 11) is 1.58. The Balaban J connectivity index is 1.41. The Morgan fingerprint density at radius 3 is 2.59 bits per heavy atom. The van der Waals surface area contributed by atoms with Gasteiger partial charge in [0, 0.05) is 23.4 Å². The molecule has 162 valence electrons. The van der Waals surface area contributed by atoms with Crippen molar-refractivity contribution in [3.05, 3.63) is 72.3 Å². The predicted octanol–water partition coefficient (Wildman–Crippen LogP) is 4.82. The van der Waals surface area contributed by atoms with E-state index in [0.717, 1.165) is 21.9 Å². The minimum atomic E-state index is -0.725. The van der Waals surface area contributed by atoms with Gasteiger partial charge in [0.05, 0.1) is 18.8 Å². The van der Waals surface area contributed by atoms with Crippen molar-refractivity contribution in [2.24, 2.45) is 5.92 Å². The van der Waals surface area contributed by atoms with Crippen LogP contribution in [0.25, 0.3) is 21.9 Å². The quantitative estimate of drug-likeness (QED) is 0.463. The van der Waals surface area contributed by atoms with E-state index in [1.165, 1.54) is 0 Å². The summed E-state index contributed by atoms with van der Waals surface area (Å²) in [6, 6.07) is 21.1. The van der Waals surface area contributed by atoms with E-state index in [9.17, 15) is 9.59 Å². The number of nitrogens with one attached hydrogen (secondary N) is 1. The second kappa shape index (κ2) is 8.04. The Morgan fingerprint density at radius 2 is 1.81 bits per heavy atom. The number of para-hydroxylation sites is 1. The Labute approximate surface area is 185 Å². The summed E-state index contributed by atoms with van der Waals surface area (Å²) >= 11 is 0. The smallest absolute Gasteiger partial charge is 0.239 e. The van der Waals surface area contributed by atoms with Gasteiger partial charge >= 0.3 is 0 Å². The number of hydrogen-bond donors (Lipinski definition) is 1. The summed E-state index contributed by atoms with van der Waals surface area (Å²) in [6.45, 7) is 2.36. The Kier molecular flexibility index (Phi) is 5.05. The third-order valence-corrected chi connectivity index (χ3v) is 6.15. The first-order chi connectivity index (χ1) is 15.6. The van der Waals surface area contributed by atoms with Crippen LogP contribution in [-0.2, 0) is 9.59 Å². The highest BCUT2D eigenvalue weighted by atomic mass is 16.5. The van der Waals surface area contributed by atoms with Crippen LogP contribution in [0.15, 0.2) is 71.1 Å². The molecule has 0 spiro atoms. The van der Waals surface area contributed by atoms with Gasteiger partial charge in [-0.15, -0.1) is 0 Å². The van der Waals surface area contributed by atoms with E-state index >= 15 is 0 Å². The first kappa shape index (κ1) is 20.1. The van der Waals surface area contributed by atoms with Crippen molar-refractivity contribution in [2.75, 3.05) is 18.6 Å². The second-order valence-electron chi connectivity index (χ2n) is 8.09. The molecule has 32 heavy (non-hydrogen) atoms. The molecule has 1 aliphatic heterocycles. The predicted molar refractivity (Wildman–Crippen MR) is 124 cm³/mol. The van der Waals surface area contributed by atoms with E-state index in [4.69, 9.17) is 9.15 Å². The first-order valence-electron chi connectivity index (χ1n) is 10.7. The molecule has 0 unspecified atom stereocenters. The van der Waals surface area contributed by atoms with Gasteiger partial charge in [0.15, 0.2) is 0 Å². The fourth-order valence-electron chi connectivity index (χ4n) is 4.42. The van der Waals surface area contributed by atoms with Gasteiger partial charge < -0.3 is 19.4 Å². The zero-order valence-corrected chi connectivity index (χ0v) is 18.0. The molecule has 5 rings (SSSR count). The Hall–Kier alpha value is -3.80. The number of nitrogens with zero attached hydrogens (tertiary/aromatic N) is 1. The van der Waals surface area contributed by atoms with Crippen molar-refractivity contribution in [1.29, 1.82) is 0 Å². The van der Waals surface area contributed by atoms with Gasteiger partial charge in [0.25, 0.3) is 0 Å². The average molecular weight is 428 g/mol. The number of fused-ring (bicyclic) bond motifs is 3. The molecular formula is C26H24N2O4. The lowest BCUT2D eigenvalue weighted by molar-refractivity contribution is -0.132. The molecule has 0 radical (unpaired) electrons. The van der Waals surface area contributed by atoms with Crippen molar-refractivity contribution in [1.82, 2.24) is 5.32 Å². The number of furan rings is 1. The minimum absolute atomic E-state index is 0.174. The number of amides is 2. The van der Waals surface area contributed by atoms with Gasteiger partial charge in [-0.3, -0.25) is 9.59 Å². The zero-order valence-electron chi connectivity index (χ0n) is 18.0. The average Bonchev–Trinajstić information content (AvgIpc) is 3.38. The summed E-state index contributed by atoms with van der Waals surface area (Å²) < 4.78 is 11.6. The maximum Gasteiger partial charge on any atom is 0.239 e.